The maximum atomic E-state index is 10.9. The van der Waals surface area contributed by atoms with Crippen LogP contribution in [0.25, 0.3) is 33.5 Å². The molecular weight excluding hydrogens is 520 g/mol. The van der Waals surface area contributed by atoms with E-state index in [0.29, 0.717) is 28.4 Å². The van der Waals surface area contributed by atoms with Gasteiger partial charge in [-0.1, -0.05) is 99.3 Å². The molecule has 0 aliphatic rings. The lowest BCUT2D eigenvalue weighted by Gasteiger charge is -2.19. The smallest absolute Gasteiger partial charge is 0.257 e. The Morgan fingerprint density at radius 1 is 0.850 bits per heavy atom. The van der Waals surface area contributed by atoms with Crippen LogP contribution in [-0.2, 0) is 13.0 Å². The molecule has 0 saturated heterocycles. The van der Waals surface area contributed by atoms with Gasteiger partial charge in [-0.3, -0.25) is 0 Å². The lowest BCUT2D eigenvalue weighted by Crippen LogP contribution is -2.15. The number of hydrogen-bond donors (Lipinski definition) is 2. The number of hydrogen-bond acceptors (Lipinski definition) is 8. The van der Waals surface area contributed by atoms with Crippen molar-refractivity contribution in [3.8, 4) is 28.4 Å². The van der Waals surface area contributed by atoms with Crippen molar-refractivity contribution < 1.29 is 5.11 Å². The fourth-order valence-electron chi connectivity index (χ4n) is 4.70. The van der Waals surface area contributed by atoms with Crippen LogP contribution in [0.1, 0.15) is 32.2 Å². The van der Waals surface area contributed by atoms with Crippen molar-refractivity contribution in [3.63, 3.8) is 0 Å². The Morgan fingerprint density at radius 3 is 2.27 bits per heavy atom. The summed E-state index contributed by atoms with van der Waals surface area (Å²) >= 11 is 1.49. The molecule has 0 aliphatic carbocycles. The molecule has 6 aromatic rings. The van der Waals surface area contributed by atoms with Crippen LogP contribution in [0.3, 0.4) is 0 Å². The molecular formula is C30H28N8OS. The third-order valence-corrected chi connectivity index (χ3v) is 7.45. The van der Waals surface area contributed by atoms with Gasteiger partial charge in [0.15, 0.2) is 10.9 Å². The lowest BCUT2D eigenvalue weighted by molar-refractivity contribution is 0.393. The maximum Gasteiger partial charge on any atom is 0.257 e. The first-order valence-corrected chi connectivity index (χ1v) is 13.8. The number of tetrazole rings is 1. The molecule has 9 nitrogen and oxygen atoms in total. The van der Waals surface area contributed by atoms with E-state index in [1.54, 1.807) is 0 Å². The van der Waals surface area contributed by atoms with Crippen LogP contribution in [0, 0.1) is 5.41 Å². The molecule has 2 N–H and O–H groups in total. The highest BCUT2D eigenvalue weighted by Gasteiger charge is 2.24. The molecule has 0 amide bonds. The number of H-pyrrole nitrogens is 1. The molecule has 0 fully saturated rings. The van der Waals surface area contributed by atoms with Crippen LogP contribution in [0.2, 0.25) is 0 Å². The van der Waals surface area contributed by atoms with Crippen molar-refractivity contribution in [1.29, 1.82) is 0 Å². The van der Waals surface area contributed by atoms with Gasteiger partial charge in [0.2, 0.25) is 0 Å². The van der Waals surface area contributed by atoms with Gasteiger partial charge in [0, 0.05) is 23.4 Å². The van der Waals surface area contributed by atoms with Crippen LogP contribution >= 0.6 is 11.8 Å². The third kappa shape index (κ3) is 5.30. The highest BCUT2D eigenvalue weighted by Crippen LogP contribution is 2.36. The standard InChI is InChI=1S/C30H28N8OS/c1-30(2,3)17-24-31-25-26(28(39)34-35-29(25)40-21-9-5-4-6-10-21)38(24)18-19-13-15-20(16-14-19)22-11-7-8-12-23(22)27-32-36-37-33-27/h4-16H,17-18H2,1-3H3,(H,34,39)(H,32,33,36,37). The first-order valence-electron chi connectivity index (χ1n) is 13.0. The molecule has 6 rings (SSSR count). The second kappa shape index (κ2) is 10.5. The summed E-state index contributed by atoms with van der Waals surface area (Å²) in [5.41, 5.74) is 5.34. The van der Waals surface area contributed by atoms with Gasteiger partial charge >= 0.3 is 0 Å². The van der Waals surface area contributed by atoms with Crippen molar-refractivity contribution in [2.45, 2.75) is 43.7 Å². The summed E-state index contributed by atoms with van der Waals surface area (Å²) < 4.78 is 2.07. The second-order valence-corrected chi connectivity index (χ2v) is 11.8. The van der Waals surface area contributed by atoms with Gasteiger partial charge in [0.05, 0.1) is 0 Å². The summed E-state index contributed by atoms with van der Waals surface area (Å²) in [5.74, 6) is 1.39. The number of aromatic hydroxyl groups is 1. The highest BCUT2D eigenvalue weighted by molar-refractivity contribution is 7.99. The third-order valence-electron chi connectivity index (χ3n) is 6.48. The zero-order valence-electron chi connectivity index (χ0n) is 22.4. The Morgan fingerprint density at radius 2 is 1.57 bits per heavy atom. The van der Waals surface area contributed by atoms with Crippen molar-refractivity contribution in [2.24, 2.45) is 5.41 Å². The zero-order chi connectivity index (χ0) is 27.7. The topological polar surface area (TPSA) is 118 Å². The lowest BCUT2D eigenvalue weighted by atomic mass is 9.92. The van der Waals surface area contributed by atoms with Crippen LogP contribution in [0.15, 0.2) is 88.8 Å². The number of imidazole rings is 1. The second-order valence-electron chi connectivity index (χ2n) is 10.8. The molecule has 3 aromatic heterocycles. The number of fused-ring (bicyclic) bond motifs is 1. The van der Waals surface area contributed by atoms with E-state index in [4.69, 9.17) is 4.98 Å². The molecule has 3 aromatic carbocycles. The van der Waals surface area contributed by atoms with Crippen LogP contribution < -0.4 is 0 Å². The summed E-state index contributed by atoms with van der Waals surface area (Å²) in [6.07, 6.45) is 0.729. The largest absolute Gasteiger partial charge is 0.491 e. The van der Waals surface area contributed by atoms with E-state index < -0.39 is 0 Å². The SMILES string of the molecule is CC(C)(C)Cc1nc2c(Sc3ccccc3)nnc(O)c2n1Cc1ccc(-c2ccccc2-c2nnn[nH]2)cc1. The first-order chi connectivity index (χ1) is 19.4. The molecule has 0 spiro atoms. The van der Waals surface area contributed by atoms with Gasteiger partial charge in [-0.05, 0) is 44.7 Å². The van der Waals surface area contributed by atoms with E-state index >= 15 is 0 Å². The van der Waals surface area contributed by atoms with Crippen LogP contribution in [-0.4, -0.2) is 45.5 Å². The molecule has 0 radical (unpaired) electrons. The number of aromatic nitrogens is 8. The van der Waals surface area contributed by atoms with Gasteiger partial charge in [0.25, 0.3) is 5.88 Å². The summed E-state index contributed by atoms with van der Waals surface area (Å²) in [5, 5.41) is 34.3. The predicted molar refractivity (Wildman–Crippen MR) is 155 cm³/mol. The van der Waals surface area contributed by atoms with Crippen LogP contribution in [0.4, 0.5) is 0 Å². The maximum absolute atomic E-state index is 10.9. The first kappa shape index (κ1) is 25.7. The minimum absolute atomic E-state index is 0.00846. The molecule has 200 valence electrons. The molecule has 0 saturated carbocycles. The predicted octanol–water partition coefficient (Wildman–Crippen LogP) is 6.17. The quantitative estimate of drug-likeness (QED) is 0.243. The number of aromatic amines is 1. The fourth-order valence-corrected chi connectivity index (χ4v) is 5.54. The number of nitrogens with one attached hydrogen (secondary N) is 1. The van der Waals surface area contributed by atoms with E-state index in [-0.39, 0.29) is 11.3 Å². The van der Waals surface area contributed by atoms with Gasteiger partial charge in [-0.2, -0.15) is 0 Å². The molecule has 10 heteroatoms. The average Bonchev–Trinajstić information content (AvgIpc) is 3.60. The van der Waals surface area contributed by atoms with Gasteiger partial charge in [-0.25, -0.2) is 10.1 Å². The Labute approximate surface area is 235 Å². The minimum Gasteiger partial charge on any atom is -0.491 e. The summed E-state index contributed by atoms with van der Waals surface area (Å²) in [7, 11) is 0. The molecule has 0 bridgehead atoms. The van der Waals surface area contributed by atoms with Gasteiger partial charge in [0.1, 0.15) is 16.9 Å². The summed E-state index contributed by atoms with van der Waals surface area (Å²) in [6, 6.07) is 26.4. The van der Waals surface area contributed by atoms with E-state index in [1.165, 1.54) is 11.8 Å². The van der Waals surface area contributed by atoms with Gasteiger partial charge in [-0.15, -0.1) is 15.3 Å². The Balaban J connectivity index is 1.38. The Kier molecular flexibility index (Phi) is 6.77. The number of nitrogens with zero attached hydrogens (tertiary/aromatic N) is 7. The van der Waals surface area contributed by atoms with Crippen molar-refractivity contribution in [2.75, 3.05) is 0 Å². The normalized spacial score (nSPS) is 11.8. The van der Waals surface area contributed by atoms with E-state index in [1.807, 2.05) is 48.5 Å². The van der Waals surface area contributed by atoms with E-state index in [9.17, 15) is 5.11 Å². The number of rotatable bonds is 7. The molecule has 0 atom stereocenters. The molecule has 0 aliphatic heterocycles. The highest BCUT2D eigenvalue weighted by atomic mass is 32.2. The van der Waals surface area contributed by atoms with E-state index in [2.05, 4.69) is 86.5 Å². The molecule has 40 heavy (non-hydrogen) atoms. The van der Waals surface area contributed by atoms with E-state index in [0.717, 1.165) is 39.4 Å². The average molecular weight is 549 g/mol. The summed E-state index contributed by atoms with van der Waals surface area (Å²) in [6.45, 7) is 7.08. The van der Waals surface area contributed by atoms with Gasteiger partial charge < -0.3 is 9.67 Å². The van der Waals surface area contributed by atoms with Crippen molar-refractivity contribution in [3.05, 3.63) is 90.3 Å². The summed E-state index contributed by atoms with van der Waals surface area (Å²) in [4.78, 5) is 6.05. The minimum atomic E-state index is -0.119. The van der Waals surface area contributed by atoms with Crippen molar-refractivity contribution in [1.82, 2.24) is 40.4 Å². The molecule has 3 heterocycles. The fraction of sp³-hybridized carbons (Fsp3) is 0.200. The Hall–Kier alpha value is -4.57. The molecule has 0 unspecified atom stereocenters. The van der Waals surface area contributed by atoms with Crippen LogP contribution in [0.5, 0.6) is 5.88 Å². The van der Waals surface area contributed by atoms with Crippen molar-refractivity contribution >= 4 is 22.8 Å². The zero-order valence-corrected chi connectivity index (χ0v) is 23.2. The number of benzene rings is 3. The Bertz CT molecular complexity index is 1760. The monoisotopic (exact) mass is 548 g/mol.